The van der Waals surface area contributed by atoms with Gasteiger partial charge < -0.3 is 26.2 Å². The zero-order chi connectivity index (χ0) is 37.0. The highest BCUT2D eigenvalue weighted by molar-refractivity contribution is 6.38. The van der Waals surface area contributed by atoms with Crippen LogP contribution in [0.4, 0.5) is 0 Å². The van der Waals surface area contributed by atoms with E-state index in [1.54, 1.807) is 4.90 Å². The summed E-state index contributed by atoms with van der Waals surface area (Å²) in [6.45, 7) is 15.5. The van der Waals surface area contributed by atoms with E-state index < -0.39 is 70.3 Å². The largest absolute Gasteiger partial charge is 0.347 e. The number of carbonyl (C=O) groups is 6. The topological polar surface area (TPSA) is 180 Å². The smallest absolute Gasteiger partial charge is 0.289 e. The van der Waals surface area contributed by atoms with Gasteiger partial charge in [-0.2, -0.15) is 0 Å². The molecular weight excluding hydrogens is 638 g/mol. The Morgan fingerprint density at radius 3 is 2.20 bits per heavy atom. The number of likely N-dealkylation sites (tertiary alicyclic amines) is 1. The van der Waals surface area contributed by atoms with Crippen LogP contribution in [0.1, 0.15) is 117 Å². The van der Waals surface area contributed by atoms with Gasteiger partial charge in [0.05, 0.1) is 12.2 Å². The third-order valence-corrected chi connectivity index (χ3v) is 11.0. The molecular formula is C37H57N7O6. The van der Waals surface area contributed by atoms with Gasteiger partial charge in [0, 0.05) is 25.0 Å². The lowest BCUT2D eigenvalue weighted by molar-refractivity contribution is -0.146. The van der Waals surface area contributed by atoms with E-state index in [2.05, 4.69) is 31.2 Å². The van der Waals surface area contributed by atoms with Crippen molar-refractivity contribution >= 4 is 35.3 Å². The molecule has 4 N–H and O–H groups in total. The zero-order valence-electron chi connectivity index (χ0n) is 31.0. The molecule has 2 saturated carbocycles. The number of Topliss-reactive ketones (excluding diaryl/α,β-unsaturated/α-hetero) is 1. The molecule has 13 heteroatoms. The Morgan fingerprint density at radius 2 is 1.62 bits per heavy atom. The highest BCUT2D eigenvalue weighted by Gasteiger charge is 2.52. The Kier molecular flexibility index (Phi) is 12.4. The Bertz CT molecular complexity index is 1420. The molecule has 50 heavy (non-hydrogen) atoms. The summed E-state index contributed by atoms with van der Waals surface area (Å²) in [5, 5.41) is 11.4. The van der Waals surface area contributed by atoms with Gasteiger partial charge in [-0.3, -0.25) is 33.8 Å². The first kappa shape index (κ1) is 38.9. The van der Waals surface area contributed by atoms with Crippen LogP contribution in [-0.4, -0.2) is 86.9 Å². The summed E-state index contributed by atoms with van der Waals surface area (Å²) >= 11 is 0. The molecule has 1 aromatic heterocycles. The van der Waals surface area contributed by atoms with Crippen LogP contribution in [0.2, 0.25) is 0 Å². The maximum absolute atomic E-state index is 14.6. The molecule has 2 aliphatic carbocycles. The Labute approximate surface area is 296 Å². The normalized spacial score (nSPS) is 22.8. The first-order valence-corrected chi connectivity index (χ1v) is 18.3. The van der Waals surface area contributed by atoms with Gasteiger partial charge in [0.25, 0.3) is 11.8 Å². The summed E-state index contributed by atoms with van der Waals surface area (Å²) in [6.07, 6.45) is 10.0. The molecule has 276 valence electrons. The fourth-order valence-corrected chi connectivity index (χ4v) is 7.05. The second-order valence-corrected chi connectivity index (χ2v) is 16.4. The van der Waals surface area contributed by atoms with Crippen LogP contribution in [0.15, 0.2) is 18.6 Å². The number of fused-ring (bicyclic) bond motifs is 1. The Balaban J connectivity index is 1.59. The number of nitrogens with zero attached hydrogens (tertiary/aromatic N) is 3. The number of hydrogen-bond acceptors (Lipinski definition) is 8. The number of amides is 5. The molecule has 3 fully saturated rings. The molecule has 0 radical (unpaired) electrons. The second kappa shape index (κ2) is 16.0. The van der Waals surface area contributed by atoms with Crippen molar-refractivity contribution in [1.29, 1.82) is 0 Å². The molecule has 1 aliphatic heterocycles. The van der Waals surface area contributed by atoms with Gasteiger partial charge in [-0.05, 0) is 67.1 Å². The highest BCUT2D eigenvalue weighted by Crippen LogP contribution is 2.43. The van der Waals surface area contributed by atoms with Gasteiger partial charge in [-0.25, -0.2) is 4.98 Å². The van der Waals surface area contributed by atoms with Gasteiger partial charge in [0.15, 0.2) is 0 Å². The summed E-state index contributed by atoms with van der Waals surface area (Å²) in [4.78, 5) is 91.9. The average Bonchev–Trinajstić information content (AvgIpc) is 3.64. The van der Waals surface area contributed by atoms with Crippen molar-refractivity contribution in [3.63, 3.8) is 0 Å². The van der Waals surface area contributed by atoms with Crippen molar-refractivity contribution in [1.82, 2.24) is 36.1 Å². The van der Waals surface area contributed by atoms with Crippen molar-refractivity contribution in [3.8, 4) is 0 Å². The maximum Gasteiger partial charge on any atom is 0.289 e. The Morgan fingerprint density at radius 1 is 0.920 bits per heavy atom. The fraction of sp³-hybridized carbons (Fsp3) is 0.730. The average molecular weight is 696 g/mol. The lowest BCUT2D eigenvalue weighted by atomic mass is 9.80. The third kappa shape index (κ3) is 9.25. The third-order valence-electron chi connectivity index (χ3n) is 11.0. The lowest BCUT2D eigenvalue weighted by Crippen LogP contribution is -2.63. The van der Waals surface area contributed by atoms with Crippen molar-refractivity contribution in [2.75, 3.05) is 6.54 Å². The van der Waals surface area contributed by atoms with Gasteiger partial charge in [0.2, 0.25) is 23.5 Å². The van der Waals surface area contributed by atoms with Crippen LogP contribution in [0, 0.1) is 28.6 Å². The molecule has 0 aromatic carbocycles. The van der Waals surface area contributed by atoms with Crippen LogP contribution >= 0.6 is 0 Å². The quantitative estimate of drug-likeness (QED) is 0.202. The molecule has 7 atom stereocenters. The minimum Gasteiger partial charge on any atom is -0.347 e. The fourth-order valence-electron chi connectivity index (χ4n) is 7.05. The summed E-state index contributed by atoms with van der Waals surface area (Å²) in [6, 6.07) is -3.90. The Hall–Kier alpha value is -3.90. The lowest BCUT2D eigenvalue weighted by Gasteiger charge is -2.39. The van der Waals surface area contributed by atoms with Crippen molar-refractivity contribution < 1.29 is 28.8 Å². The second-order valence-electron chi connectivity index (χ2n) is 16.4. The van der Waals surface area contributed by atoms with Gasteiger partial charge in [-0.15, -0.1) is 0 Å². The summed E-state index contributed by atoms with van der Waals surface area (Å²) < 4.78 is 0. The number of hydrogen-bond donors (Lipinski definition) is 4. The molecule has 2 unspecified atom stereocenters. The van der Waals surface area contributed by atoms with E-state index in [0.29, 0.717) is 19.4 Å². The number of rotatable bonds is 15. The van der Waals surface area contributed by atoms with Gasteiger partial charge >= 0.3 is 0 Å². The molecule has 0 spiro atoms. The van der Waals surface area contributed by atoms with Crippen LogP contribution in [0.3, 0.4) is 0 Å². The van der Waals surface area contributed by atoms with Crippen molar-refractivity contribution in [3.05, 3.63) is 24.3 Å². The standard InChI is InChI=1S/C37H57N7O6/c1-9-21(3)18-25(28(45)33(48)40-23-14-15-23)41-32(47)27-24-13-11-12-22(24)20-44(27)35(50)30(36(4,5)6)43-34(49)29(37(7,8)10-2)42-31(46)26-19-38-16-17-39-26/h16-17,19,21-25,27,29-30H,9-15,18,20H2,1-8H3,(H,40,48)(H,41,47)(H,42,46)(H,43,49)/t21?,22-,24-,25?,27-,29+,30+/m0/s1. The molecule has 1 saturated heterocycles. The van der Waals surface area contributed by atoms with E-state index in [1.807, 2.05) is 55.4 Å². The molecule has 4 rings (SSSR count). The number of aromatic nitrogens is 2. The minimum atomic E-state index is -1.03. The van der Waals surface area contributed by atoms with Gasteiger partial charge in [-0.1, -0.05) is 68.2 Å². The van der Waals surface area contributed by atoms with E-state index in [-0.39, 0.29) is 29.5 Å². The van der Waals surface area contributed by atoms with Crippen molar-refractivity contribution in [2.45, 2.75) is 137 Å². The van der Waals surface area contributed by atoms with Crippen LogP contribution in [0.5, 0.6) is 0 Å². The predicted molar refractivity (Wildman–Crippen MR) is 187 cm³/mol. The molecule has 1 aromatic rings. The molecule has 2 heterocycles. The summed E-state index contributed by atoms with van der Waals surface area (Å²) in [5.74, 6) is -3.21. The maximum atomic E-state index is 14.6. The van der Waals surface area contributed by atoms with E-state index in [9.17, 15) is 28.8 Å². The predicted octanol–water partition coefficient (Wildman–Crippen LogP) is 2.94. The number of carbonyl (C=O) groups excluding carboxylic acids is 6. The first-order valence-electron chi connectivity index (χ1n) is 18.3. The number of ketones is 1. The minimum absolute atomic E-state index is 0.000895. The van der Waals surface area contributed by atoms with E-state index in [0.717, 1.165) is 38.5 Å². The van der Waals surface area contributed by atoms with E-state index in [4.69, 9.17) is 0 Å². The zero-order valence-corrected chi connectivity index (χ0v) is 31.0. The highest BCUT2D eigenvalue weighted by atomic mass is 16.2. The summed E-state index contributed by atoms with van der Waals surface area (Å²) in [7, 11) is 0. The summed E-state index contributed by atoms with van der Waals surface area (Å²) in [5.41, 5.74) is -1.39. The van der Waals surface area contributed by atoms with Crippen molar-refractivity contribution in [2.24, 2.45) is 28.6 Å². The molecule has 13 nitrogen and oxygen atoms in total. The SMILES string of the molecule is CCC(C)CC(NC(=O)[C@@H]1[C@H]2CCC[C@H]2CN1C(=O)[C@@H](NC(=O)[C@@H](NC(=O)c1cnccn1)C(C)(C)CC)C(C)(C)C)C(=O)C(=O)NC1CC1. The van der Waals surface area contributed by atoms with E-state index in [1.165, 1.54) is 18.6 Å². The molecule has 0 bridgehead atoms. The van der Waals surface area contributed by atoms with E-state index >= 15 is 0 Å². The molecule has 3 aliphatic rings. The van der Waals surface area contributed by atoms with Crippen LogP contribution in [0.25, 0.3) is 0 Å². The van der Waals surface area contributed by atoms with Crippen LogP contribution < -0.4 is 21.3 Å². The van der Waals surface area contributed by atoms with Crippen LogP contribution in [-0.2, 0) is 24.0 Å². The molecule has 5 amide bonds. The monoisotopic (exact) mass is 695 g/mol. The van der Waals surface area contributed by atoms with Gasteiger partial charge in [0.1, 0.15) is 23.8 Å². The first-order chi connectivity index (χ1) is 23.5. The number of nitrogens with one attached hydrogen (secondary N) is 4.